The lowest BCUT2D eigenvalue weighted by Gasteiger charge is -2.11. The Kier molecular flexibility index (Phi) is 31.2. The lowest BCUT2D eigenvalue weighted by molar-refractivity contribution is -0.143. The van der Waals surface area contributed by atoms with Crippen LogP contribution in [0.15, 0.2) is 0 Å². The molecule has 2 nitrogen and oxygen atoms in total. The maximum absolute atomic E-state index is 12.0. The van der Waals surface area contributed by atoms with Crippen molar-refractivity contribution in [2.45, 2.75) is 207 Å². The van der Waals surface area contributed by atoms with E-state index < -0.39 is 0 Å². The summed E-state index contributed by atoms with van der Waals surface area (Å²) >= 11 is 0. The van der Waals surface area contributed by atoms with Crippen LogP contribution in [0.1, 0.15) is 207 Å². The number of hydrogen-bond donors (Lipinski definition) is 0. The first kappa shape index (κ1) is 36.5. The van der Waals surface area contributed by atoms with Gasteiger partial charge in [-0.05, 0) is 25.2 Å². The third kappa shape index (κ3) is 31.6. The van der Waals surface area contributed by atoms with Gasteiger partial charge in [-0.1, -0.05) is 181 Å². The molecule has 0 radical (unpaired) electrons. The van der Waals surface area contributed by atoms with Gasteiger partial charge in [0.25, 0.3) is 0 Å². The van der Waals surface area contributed by atoms with Crippen LogP contribution in [0.5, 0.6) is 0 Å². The van der Waals surface area contributed by atoms with E-state index in [1.165, 1.54) is 167 Å². The number of unbranched alkanes of at least 4 members (excludes halogenated alkanes) is 23. The highest BCUT2D eigenvalue weighted by Crippen LogP contribution is 2.17. The van der Waals surface area contributed by atoms with E-state index in [0.29, 0.717) is 13.0 Å². The normalized spacial score (nSPS) is 12.2. The molecule has 0 aromatic rings. The van der Waals surface area contributed by atoms with Crippen LogP contribution in [-0.2, 0) is 9.53 Å². The predicted octanol–water partition coefficient (Wildman–Crippen LogP) is 12.5. The minimum atomic E-state index is 0.0250. The molecule has 0 aromatic heterocycles. The molecule has 0 N–H and O–H groups in total. The van der Waals surface area contributed by atoms with Gasteiger partial charge in [-0.15, -0.1) is 0 Å². The molecular weight excluding hydrogens is 452 g/mol. The second-order valence-corrected chi connectivity index (χ2v) is 12.1. The van der Waals surface area contributed by atoms with Gasteiger partial charge in [-0.2, -0.15) is 0 Å². The largest absolute Gasteiger partial charge is 0.466 e. The Hall–Kier alpha value is -0.530. The van der Waals surface area contributed by atoms with Gasteiger partial charge < -0.3 is 4.74 Å². The zero-order chi connectivity index (χ0) is 27.1. The molecule has 222 valence electrons. The van der Waals surface area contributed by atoms with Crippen molar-refractivity contribution in [3.63, 3.8) is 0 Å². The number of ether oxygens (including phenoxy) is 1. The van der Waals surface area contributed by atoms with Gasteiger partial charge in [-0.3, -0.25) is 4.79 Å². The van der Waals surface area contributed by atoms with Gasteiger partial charge in [-0.25, -0.2) is 0 Å². The lowest BCUT2D eigenvalue weighted by Crippen LogP contribution is -2.07. The van der Waals surface area contributed by atoms with Crippen molar-refractivity contribution >= 4 is 5.97 Å². The summed E-state index contributed by atoms with van der Waals surface area (Å²) in [4.78, 5) is 12.0. The molecule has 1 unspecified atom stereocenters. The maximum atomic E-state index is 12.0. The van der Waals surface area contributed by atoms with E-state index in [0.717, 1.165) is 18.8 Å². The van der Waals surface area contributed by atoms with Crippen LogP contribution in [0, 0.1) is 5.92 Å². The summed E-state index contributed by atoms with van der Waals surface area (Å²) < 4.78 is 5.48. The van der Waals surface area contributed by atoms with Crippen molar-refractivity contribution in [3.8, 4) is 0 Å². The molecule has 37 heavy (non-hydrogen) atoms. The molecular formula is C35H70O2. The van der Waals surface area contributed by atoms with Crippen molar-refractivity contribution in [2.75, 3.05) is 6.61 Å². The van der Waals surface area contributed by atoms with Crippen LogP contribution < -0.4 is 0 Å². The smallest absolute Gasteiger partial charge is 0.305 e. The van der Waals surface area contributed by atoms with Gasteiger partial charge in [0, 0.05) is 6.42 Å². The Morgan fingerprint density at radius 2 is 0.784 bits per heavy atom. The number of hydrogen-bond acceptors (Lipinski definition) is 2. The molecule has 0 aliphatic rings. The fourth-order valence-corrected chi connectivity index (χ4v) is 5.46. The number of carbonyl (C=O) groups excluding carboxylic acids is 1. The first-order chi connectivity index (χ1) is 18.2. The van der Waals surface area contributed by atoms with E-state index in [2.05, 4.69) is 20.8 Å². The molecule has 1 atom stereocenters. The van der Waals surface area contributed by atoms with Gasteiger partial charge in [0.1, 0.15) is 0 Å². The van der Waals surface area contributed by atoms with Crippen molar-refractivity contribution in [2.24, 2.45) is 5.92 Å². The zero-order valence-corrected chi connectivity index (χ0v) is 26.1. The molecule has 0 aliphatic heterocycles. The first-order valence-corrected chi connectivity index (χ1v) is 17.4. The van der Waals surface area contributed by atoms with Crippen LogP contribution in [-0.4, -0.2) is 12.6 Å². The van der Waals surface area contributed by atoms with E-state index in [9.17, 15) is 4.79 Å². The summed E-state index contributed by atoms with van der Waals surface area (Å²) in [5.41, 5.74) is 0. The Morgan fingerprint density at radius 1 is 0.459 bits per heavy atom. The Morgan fingerprint density at radius 3 is 1.19 bits per heavy atom. The lowest BCUT2D eigenvalue weighted by atomic mass is 9.97. The van der Waals surface area contributed by atoms with Crippen LogP contribution in [0.4, 0.5) is 0 Å². The minimum absolute atomic E-state index is 0.0250. The molecule has 0 heterocycles. The molecule has 0 fully saturated rings. The summed E-state index contributed by atoms with van der Waals surface area (Å²) in [6.45, 7) is 7.57. The van der Waals surface area contributed by atoms with E-state index in [4.69, 9.17) is 4.74 Å². The molecule has 0 aromatic carbocycles. The highest BCUT2D eigenvalue weighted by Gasteiger charge is 2.05. The van der Waals surface area contributed by atoms with E-state index in [1.54, 1.807) is 0 Å². The first-order valence-electron chi connectivity index (χ1n) is 17.4. The topological polar surface area (TPSA) is 26.3 Å². The Balaban J connectivity index is 3.26. The third-order valence-electron chi connectivity index (χ3n) is 8.14. The zero-order valence-electron chi connectivity index (χ0n) is 26.1. The summed E-state index contributed by atoms with van der Waals surface area (Å²) in [5, 5.41) is 0. The summed E-state index contributed by atoms with van der Waals surface area (Å²) in [6.07, 6.45) is 38.7. The maximum Gasteiger partial charge on any atom is 0.305 e. The number of esters is 1. The van der Waals surface area contributed by atoms with Gasteiger partial charge >= 0.3 is 5.97 Å². The van der Waals surface area contributed by atoms with Crippen LogP contribution in [0.25, 0.3) is 0 Å². The second-order valence-electron chi connectivity index (χ2n) is 12.1. The average molecular weight is 523 g/mol. The molecule has 0 aliphatic carbocycles. The molecule has 0 spiro atoms. The molecule has 0 saturated carbocycles. The number of rotatable bonds is 31. The summed E-state index contributed by atoms with van der Waals surface area (Å²) in [6, 6.07) is 0. The monoisotopic (exact) mass is 523 g/mol. The van der Waals surface area contributed by atoms with Gasteiger partial charge in [0.05, 0.1) is 6.61 Å². The van der Waals surface area contributed by atoms with Crippen molar-refractivity contribution in [1.82, 2.24) is 0 Å². The fraction of sp³-hybridized carbons (Fsp3) is 0.971. The molecule has 0 rings (SSSR count). The average Bonchev–Trinajstić information content (AvgIpc) is 2.90. The SMILES string of the molecule is CCCCCCCCCCCCCCCCCC(=O)OCCCC(C)CCCCCCCCCCCC. The second kappa shape index (κ2) is 31.7. The van der Waals surface area contributed by atoms with Gasteiger partial charge in [0.2, 0.25) is 0 Å². The highest BCUT2D eigenvalue weighted by atomic mass is 16.5. The highest BCUT2D eigenvalue weighted by molar-refractivity contribution is 5.69. The standard InChI is InChI=1S/C35H70O2/c1-4-6-8-10-12-14-16-17-18-19-20-22-24-26-28-32-35(36)37-33-29-31-34(3)30-27-25-23-21-15-13-11-9-7-5-2/h34H,4-33H2,1-3H3. The van der Waals surface area contributed by atoms with Crippen molar-refractivity contribution in [3.05, 3.63) is 0 Å². The van der Waals surface area contributed by atoms with E-state index >= 15 is 0 Å². The van der Waals surface area contributed by atoms with Crippen LogP contribution in [0.3, 0.4) is 0 Å². The molecule has 0 bridgehead atoms. The fourth-order valence-electron chi connectivity index (χ4n) is 5.46. The van der Waals surface area contributed by atoms with Crippen LogP contribution >= 0.6 is 0 Å². The predicted molar refractivity (Wildman–Crippen MR) is 165 cm³/mol. The van der Waals surface area contributed by atoms with E-state index in [-0.39, 0.29) is 5.97 Å². The minimum Gasteiger partial charge on any atom is -0.466 e. The van der Waals surface area contributed by atoms with Crippen molar-refractivity contribution in [1.29, 1.82) is 0 Å². The van der Waals surface area contributed by atoms with Gasteiger partial charge in [0.15, 0.2) is 0 Å². The molecule has 2 heteroatoms. The quantitative estimate of drug-likeness (QED) is 0.0668. The Labute approximate surface area is 234 Å². The molecule has 0 amide bonds. The summed E-state index contributed by atoms with van der Waals surface area (Å²) in [7, 11) is 0. The van der Waals surface area contributed by atoms with Crippen molar-refractivity contribution < 1.29 is 9.53 Å². The van der Waals surface area contributed by atoms with Crippen LogP contribution in [0.2, 0.25) is 0 Å². The van der Waals surface area contributed by atoms with E-state index in [1.807, 2.05) is 0 Å². The summed E-state index contributed by atoms with van der Waals surface area (Å²) in [5.74, 6) is 0.792. The molecule has 0 saturated heterocycles. The third-order valence-corrected chi connectivity index (χ3v) is 8.14. The number of carbonyl (C=O) groups is 1. The Bertz CT molecular complexity index is 433.